The van der Waals surface area contributed by atoms with Crippen molar-refractivity contribution in [1.82, 2.24) is 15.0 Å². The van der Waals surface area contributed by atoms with E-state index in [9.17, 15) is 5.11 Å². The number of rotatable bonds is 3. The van der Waals surface area contributed by atoms with Gasteiger partial charge in [-0.25, -0.2) is 9.97 Å². The lowest BCUT2D eigenvalue weighted by molar-refractivity contribution is 0.199. The number of imidazole rings is 1. The minimum Gasteiger partial charge on any atom is -0.389 e. The van der Waals surface area contributed by atoms with Crippen molar-refractivity contribution in [2.24, 2.45) is 0 Å². The number of nitrogens with one attached hydrogen (secondary N) is 1. The van der Waals surface area contributed by atoms with Gasteiger partial charge in [-0.3, -0.25) is 0 Å². The topological polar surface area (TPSA) is 61.8 Å². The molecule has 0 fully saturated rings. The van der Waals surface area contributed by atoms with Crippen LogP contribution in [-0.4, -0.2) is 20.1 Å². The van der Waals surface area contributed by atoms with E-state index in [0.29, 0.717) is 0 Å². The monoisotopic (exact) mass is 221 g/mol. The molecular weight excluding hydrogens is 210 g/mol. The lowest BCUT2D eigenvalue weighted by Crippen LogP contribution is -1.92. The summed E-state index contributed by atoms with van der Waals surface area (Å²) in [6.07, 6.45) is 4.68. The van der Waals surface area contributed by atoms with Crippen molar-refractivity contribution in [3.63, 3.8) is 0 Å². The van der Waals surface area contributed by atoms with Gasteiger partial charge in [-0.15, -0.1) is 0 Å². The lowest BCUT2D eigenvalue weighted by Gasteiger charge is -2.05. The van der Waals surface area contributed by atoms with E-state index in [1.54, 1.807) is 31.6 Å². The fourth-order valence-corrected chi connectivity index (χ4v) is 1.89. The summed E-state index contributed by atoms with van der Waals surface area (Å²) < 4.78 is 0. The molecule has 1 atom stereocenters. The number of aliphatic hydroxyl groups excluding tert-OH is 1. The third kappa shape index (κ3) is 2.57. The van der Waals surface area contributed by atoms with Crippen molar-refractivity contribution < 1.29 is 5.11 Å². The van der Waals surface area contributed by atoms with Crippen LogP contribution in [0.4, 0.5) is 0 Å². The molecule has 0 aliphatic rings. The first-order valence-corrected chi connectivity index (χ1v) is 5.38. The molecule has 2 aromatic rings. The highest BCUT2D eigenvalue weighted by Crippen LogP contribution is 2.24. The molecule has 2 heterocycles. The van der Waals surface area contributed by atoms with Crippen molar-refractivity contribution >= 4 is 11.8 Å². The number of hydrogen-bond acceptors (Lipinski definition) is 4. The molecule has 0 saturated carbocycles. The zero-order valence-electron chi connectivity index (χ0n) is 8.21. The van der Waals surface area contributed by atoms with Gasteiger partial charge in [0.1, 0.15) is 5.03 Å². The Kier molecular flexibility index (Phi) is 3.03. The second-order valence-corrected chi connectivity index (χ2v) is 4.11. The van der Waals surface area contributed by atoms with Crippen LogP contribution in [0.2, 0.25) is 0 Å². The molecule has 2 aromatic heterocycles. The molecule has 0 spiro atoms. The number of aromatic nitrogens is 3. The van der Waals surface area contributed by atoms with Gasteiger partial charge in [0.05, 0.1) is 6.10 Å². The van der Waals surface area contributed by atoms with E-state index >= 15 is 0 Å². The highest BCUT2D eigenvalue weighted by Gasteiger charge is 2.04. The Labute approximate surface area is 91.8 Å². The molecular formula is C10H11N3OS. The Morgan fingerprint density at radius 2 is 2.27 bits per heavy atom. The Bertz CT molecular complexity index is 428. The summed E-state index contributed by atoms with van der Waals surface area (Å²) in [7, 11) is 0. The Hall–Kier alpha value is -1.33. The second-order valence-electron chi connectivity index (χ2n) is 3.10. The van der Waals surface area contributed by atoms with Gasteiger partial charge in [0, 0.05) is 18.6 Å². The largest absolute Gasteiger partial charge is 0.389 e. The molecule has 15 heavy (non-hydrogen) atoms. The van der Waals surface area contributed by atoms with Crippen LogP contribution >= 0.6 is 11.8 Å². The van der Waals surface area contributed by atoms with E-state index < -0.39 is 6.10 Å². The van der Waals surface area contributed by atoms with Crippen LogP contribution in [0.5, 0.6) is 0 Å². The summed E-state index contributed by atoms with van der Waals surface area (Å²) in [4.78, 5) is 11.3. The molecule has 78 valence electrons. The number of aromatic amines is 1. The molecule has 5 heteroatoms. The molecule has 2 rings (SSSR count). The molecule has 4 nitrogen and oxygen atoms in total. The van der Waals surface area contributed by atoms with Gasteiger partial charge in [0.25, 0.3) is 0 Å². The van der Waals surface area contributed by atoms with Gasteiger partial charge in [-0.2, -0.15) is 0 Å². The van der Waals surface area contributed by atoms with Crippen LogP contribution in [0.1, 0.15) is 18.6 Å². The van der Waals surface area contributed by atoms with E-state index in [-0.39, 0.29) is 0 Å². The summed E-state index contributed by atoms with van der Waals surface area (Å²) in [6, 6.07) is 3.66. The third-order valence-corrected chi connectivity index (χ3v) is 2.76. The van der Waals surface area contributed by atoms with E-state index in [1.165, 1.54) is 11.8 Å². The fraction of sp³-hybridized carbons (Fsp3) is 0.200. The lowest BCUT2D eigenvalue weighted by atomic mass is 10.2. The van der Waals surface area contributed by atoms with Gasteiger partial charge in [-0.05, 0) is 36.4 Å². The van der Waals surface area contributed by atoms with E-state index in [4.69, 9.17) is 0 Å². The molecule has 1 unspecified atom stereocenters. The minimum atomic E-state index is -0.469. The normalized spacial score (nSPS) is 12.7. The molecule has 0 bridgehead atoms. The maximum absolute atomic E-state index is 9.41. The van der Waals surface area contributed by atoms with Gasteiger partial charge < -0.3 is 10.1 Å². The number of pyridine rings is 1. The minimum absolute atomic E-state index is 0.469. The van der Waals surface area contributed by atoms with Crippen molar-refractivity contribution in [3.05, 3.63) is 36.3 Å². The molecule has 0 aliphatic carbocycles. The number of nitrogens with zero attached hydrogens (tertiary/aromatic N) is 2. The van der Waals surface area contributed by atoms with Crippen LogP contribution in [0.25, 0.3) is 0 Å². The van der Waals surface area contributed by atoms with Gasteiger partial charge in [-0.1, -0.05) is 0 Å². The SMILES string of the molecule is CC(O)c1ccnc(Sc2ncc[nH]2)c1. The third-order valence-electron chi connectivity index (χ3n) is 1.92. The standard InChI is InChI=1S/C10H11N3OS/c1-7(14)8-2-3-11-9(6-8)15-10-12-4-5-13-10/h2-7,14H,1H3,(H,12,13). The quantitative estimate of drug-likeness (QED) is 0.832. The molecule has 2 N–H and O–H groups in total. The first-order valence-electron chi connectivity index (χ1n) is 4.57. The van der Waals surface area contributed by atoms with E-state index in [2.05, 4.69) is 15.0 Å². The fourth-order valence-electron chi connectivity index (χ4n) is 1.15. The number of aliphatic hydroxyl groups is 1. The summed E-state index contributed by atoms with van der Waals surface area (Å²) in [5.74, 6) is 0. The Morgan fingerprint density at radius 3 is 2.93 bits per heavy atom. The number of hydrogen-bond donors (Lipinski definition) is 2. The zero-order valence-corrected chi connectivity index (χ0v) is 9.03. The van der Waals surface area contributed by atoms with E-state index in [1.807, 2.05) is 6.07 Å². The van der Waals surface area contributed by atoms with Crippen LogP contribution in [-0.2, 0) is 0 Å². The van der Waals surface area contributed by atoms with E-state index in [0.717, 1.165) is 15.7 Å². The van der Waals surface area contributed by atoms with Gasteiger partial charge >= 0.3 is 0 Å². The summed E-state index contributed by atoms with van der Waals surface area (Å²) >= 11 is 1.44. The number of H-pyrrole nitrogens is 1. The predicted molar refractivity (Wildman–Crippen MR) is 57.6 cm³/mol. The highest BCUT2D eigenvalue weighted by atomic mass is 32.2. The van der Waals surface area contributed by atoms with Crippen LogP contribution < -0.4 is 0 Å². The maximum Gasteiger partial charge on any atom is 0.171 e. The van der Waals surface area contributed by atoms with Crippen molar-refractivity contribution in [3.8, 4) is 0 Å². The summed E-state index contributed by atoms with van der Waals surface area (Å²) in [5, 5.41) is 11.0. The van der Waals surface area contributed by atoms with Crippen LogP contribution in [0, 0.1) is 0 Å². The predicted octanol–water partition coefficient (Wildman–Crippen LogP) is 2.01. The highest BCUT2D eigenvalue weighted by molar-refractivity contribution is 7.99. The average molecular weight is 221 g/mol. The molecule has 0 aromatic carbocycles. The summed E-state index contributed by atoms with van der Waals surface area (Å²) in [5.41, 5.74) is 0.860. The van der Waals surface area contributed by atoms with Gasteiger partial charge in [0.15, 0.2) is 5.16 Å². The van der Waals surface area contributed by atoms with Gasteiger partial charge in [0.2, 0.25) is 0 Å². The first kappa shape index (κ1) is 10.2. The van der Waals surface area contributed by atoms with Crippen molar-refractivity contribution in [1.29, 1.82) is 0 Å². The van der Waals surface area contributed by atoms with Crippen LogP contribution in [0.15, 0.2) is 40.9 Å². The average Bonchev–Trinajstić information content (AvgIpc) is 2.71. The Morgan fingerprint density at radius 1 is 1.40 bits per heavy atom. The summed E-state index contributed by atoms with van der Waals surface area (Å²) in [6.45, 7) is 1.73. The Balaban J connectivity index is 2.18. The van der Waals surface area contributed by atoms with Crippen molar-refractivity contribution in [2.75, 3.05) is 0 Å². The smallest absolute Gasteiger partial charge is 0.171 e. The zero-order chi connectivity index (χ0) is 10.7. The molecule has 0 radical (unpaired) electrons. The second kappa shape index (κ2) is 4.46. The molecule has 0 saturated heterocycles. The maximum atomic E-state index is 9.41. The molecule has 0 aliphatic heterocycles. The first-order chi connectivity index (χ1) is 7.25. The molecule has 0 amide bonds. The van der Waals surface area contributed by atoms with Crippen LogP contribution in [0.3, 0.4) is 0 Å². The van der Waals surface area contributed by atoms with Crippen molar-refractivity contribution in [2.45, 2.75) is 23.2 Å².